The van der Waals surface area contributed by atoms with Crippen LogP contribution in [0, 0.1) is 0 Å². The number of azide groups is 1. The molecule has 0 bridgehead atoms. The van der Waals surface area contributed by atoms with Gasteiger partial charge >= 0.3 is 0 Å². The molecule has 1 aromatic carbocycles. The topological polar surface area (TPSA) is 109 Å². The van der Waals surface area contributed by atoms with Crippen molar-refractivity contribution in [3.63, 3.8) is 0 Å². The lowest BCUT2D eigenvalue weighted by atomic mass is 10.0. The van der Waals surface area contributed by atoms with Crippen LogP contribution in [0.5, 0.6) is 5.75 Å². The van der Waals surface area contributed by atoms with Crippen LogP contribution in [0.2, 0.25) is 5.02 Å². The van der Waals surface area contributed by atoms with Gasteiger partial charge in [0.15, 0.2) is 0 Å². The first-order valence-corrected chi connectivity index (χ1v) is 5.29. The number of aliphatic hydroxyl groups excluding tert-OH is 2. The van der Waals surface area contributed by atoms with Gasteiger partial charge in [-0.2, -0.15) is 0 Å². The third-order valence-electron chi connectivity index (χ3n) is 2.20. The van der Waals surface area contributed by atoms with Gasteiger partial charge in [-0.15, -0.1) is 0 Å². The molecule has 0 saturated carbocycles. The Bertz CT molecular complexity index is 415. The lowest BCUT2D eigenvalue weighted by Crippen LogP contribution is -2.19. The molecule has 0 saturated heterocycles. The van der Waals surface area contributed by atoms with Crippen molar-refractivity contribution >= 4 is 11.6 Å². The minimum Gasteiger partial charge on any atom is -0.508 e. The standard InChI is InChI=1S/C10H12ClN3O3/c11-7-3-6(4-8(15)5-7)10(17)9(16)1-2-13-14-12/h3-5,9-10,15-17H,1-2H2. The maximum absolute atomic E-state index is 9.78. The van der Waals surface area contributed by atoms with E-state index in [2.05, 4.69) is 10.0 Å². The van der Waals surface area contributed by atoms with Crippen molar-refractivity contribution in [2.45, 2.75) is 18.6 Å². The number of halogens is 1. The highest BCUT2D eigenvalue weighted by molar-refractivity contribution is 6.30. The highest BCUT2D eigenvalue weighted by atomic mass is 35.5. The van der Waals surface area contributed by atoms with Crippen LogP contribution in [-0.2, 0) is 0 Å². The van der Waals surface area contributed by atoms with E-state index in [9.17, 15) is 15.3 Å². The summed E-state index contributed by atoms with van der Waals surface area (Å²) >= 11 is 5.71. The van der Waals surface area contributed by atoms with E-state index in [1.807, 2.05) is 0 Å². The largest absolute Gasteiger partial charge is 0.508 e. The summed E-state index contributed by atoms with van der Waals surface area (Å²) in [6, 6.07) is 4.08. The fourth-order valence-corrected chi connectivity index (χ4v) is 1.62. The number of benzene rings is 1. The van der Waals surface area contributed by atoms with E-state index in [-0.39, 0.29) is 23.7 Å². The minimum atomic E-state index is -1.19. The molecule has 92 valence electrons. The molecule has 0 aliphatic rings. The van der Waals surface area contributed by atoms with Gasteiger partial charge in [-0.25, -0.2) is 0 Å². The Balaban J connectivity index is 2.73. The van der Waals surface area contributed by atoms with Gasteiger partial charge in [0.05, 0.1) is 6.10 Å². The number of phenolic OH excluding ortho intramolecular Hbond substituents is 1. The number of rotatable bonds is 5. The first-order valence-electron chi connectivity index (χ1n) is 4.91. The summed E-state index contributed by atoms with van der Waals surface area (Å²) in [7, 11) is 0. The van der Waals surface area contributed by atoms with E-state index in [0.29, 0.717) is 5.56 Å². The minimum absolute atomic E-state index is 0.0846. The van der Waals surface area contributed by atoms with Gasteiger partial charge < -0.3 is 15.3 Å². The van der Waals surface area contributed by atoms with Gasteiger partial charge in [-0.3, -0.25) is 0 Å². The fraction of sp³-hybridized carbons (Fsp3) is 0.400. The average molecular weight is 258 g/mol. The Morgan fingerprint density at radius 1 is 1.35 bits per heavy atom. The Hall–Kier alpha value is -1.46. The molecule has 0 aliphatic carbocycles. The van der Waals surface area contributed by atoms with Crippen LogP contribution >= 0.6 is 11.6 Å². The average Bonchev–Trinajstić information content (AvgIpc) is 2.27. The fourth-order valence-electron chi connectivity index (χ4n) is 1.38. The van der Waals surface area contributed by atoms with E-state index in [0.717, 1.165) is 0 Å². The molecule has 0 heterocycles. The zero-order valence-electron chi connectivity index (χ0n) is 8.86. The summed E-state index contributed by atoms with van der Waals surface area (Å²) < 4.78 is 0. The van der Waals surface area contributed by atoms with Crippen LogP contribution in [0.3, 0.4) is 0 Å². The van der Waals surface area contributed by atoms with Crippen LogP contribution in [0.25, 0.3) is 10.4 Å². The van der Waals surface area contributed by atoms with E-state index < -0.39 is 12.2 Å². The van der Waals surface area contributed by atoms with E-state index in [4.69, 9.17) is 17.1 Å². The lowest BCUT2D eigenvalue weighted by Gasteiger charge is -2.17. The molecule has 6 nitrogen and oxygen atoms in total. The zero-order valence-corrected chi connectivity index (χ0v) is 9.62. The molecule has 17 heavy (non-hydrogen) atoms. The van der Waals surface area contributed by atoms with Crippen molar-refractivity contribution < 1.29 is 15.3 Å². The Morgan fingerprint density at radius 2 is 2.06 bits per heavy atom. The van der Waals surface area contributed by atoms with Gasteiger partial charge in [0.25, 0.3) is 0 Å². The summed E-state index contributed by atoms with van der Waals surface area (Å²) in [5, 5.41) is 32.2. The Kier molecular flexibility index (Phi) is 5.06. The number of hydrogen-bond donors (Lipinski definition) is 3. The first-order chi connectivity index (χ1) is 8.04. The van der Waals surface area contributed by atoms with Crippen molar-refractivity contribution in [3.8, 4) is 5.75 Å². The molecule has 0 amide bonds. The summed E-state index contributed by atoms with van der Waals surface area (Å²) in [4.78, 5) is 2.54. The van der Waals surface area contributed by atoms with Crippen molar-refractivity contribution in [2.24, 2.45) is 5.11 Å². The summed E-state index contributed by atoms with van der Waals surface area (Å²) in [5.41, 5.74) is 8.38. The van der Waals surface area contributed by atoms with E-state index in [1.54, 1.807) is 0 Å². The van der Waals surface area contributed by atoms with Gasteiger partial charge in [0.2, 0.25) is 0 Å². The van der Waals surface area contributed by atoms with Crippen LogP contribution in [0.1, 0.15) is 18.1 Å². The van der Waals surface area contributed by atoms with Crippen molar-refractivity contribution in [3.05, 3.63) is 39.2 Å². The molecule has 1 aromatic rings. The van der Waals surface area contributed by atoms with Crippen molar-refractivity contribution in [1.82, 2.24) is 0 Å². The number of nitrogens with zero attached hydrogens (tertiary/aromatic N) is 3. The third kappa shape index (κ3) is 4.13. The predicted octanol–water partition coefficient (Wildman–Crippen LogP) is 2.14. The number of aliphatic hydroxyl groups is 2. The molecule has 2 unspecified atom stereocenters. The van der Waals surface area contributed by atoms with Crippen molar-refractivity contribution in [2.75, 3.05) is 6.54 Å². The van der Waals surface area contributed by atoms with Crippen molar-refractivity contribution in [1.29, 1.82) is 0 Å². The van der Waals surface area contributed by atoms with Crippen LogP contribution < -0.4 is 0 Å². The maximum atomic E-state index is 9.78. The lowest BCUT2D eigenvalue weighted by molar-refractivity contribution is 0.0149. The first kappa shape index (κ1) is 13.6. The number of phenols is 1. The molecule has 0 fully saturated rings. The van der Waals surface area contributed by atoms with E-state index >= 15 is 0 Å². The molecule has 1 rings (SSSR count). The molecule has 0 aromatic heterocycles. The quantitative estimate of drug-likeness (QED) is 0.427. The third-order valence-corrected chi connectivity index (χ3v) is 2.42. The molecule has 3 N–H and O–H groups in total. The highest BCUT2D eigenvalue weighted by Crippen LogP contribution is 2.26. The zero-order chi connectivity index (χ0) is 12.8. The molecule has 0 radical (unpaired) electrons. The number of aromatic hydroxyl groups is 1. The molecule has 0 spiro atoms. The molecule has 2 atom stereocenters. The van der Waals surface area contributed by atoms with E-state index in [1.165, 1.54) is 18.2 Å². The van der Waals surface area contributed by atoms with Gasteiger partial charge in [0, 0.05) is 16.5 Å². The highest BCUT2D eigenvalue weighted by Gasteiger charge is 2.18. The van der Waals surface area contributed by atoms with Gasteiger partial charge in [-0.1, -0.05) is 16.7 Å². The van der Waals surface area contributed by atoms with Crippen LogP contribution in [0.4, 0.5) is 0 Å². The van der Waals surface area contributed by atoms with Gasteiger partial charge in [0.1, 0.15) is 11.9 Å². The second-order valence-electron chi connectivity index (χ2n) is 3.50. The summed E-state index contributed by atoms with van der Waals surface area (Å²) in [6.45, 7) is 0.0846. The normalized spacial score (nSPS) is 13.8. The summed E-state index contributed by atoms with van der Waals surface area (Å²) in [5.74, 6) is -0.0891. The van der Waals surface area contributed by atoms with Gasteiger partial charge in [-0.05, 0) is 35.7 Å². The molecular weight excluding hydrogens is 246 g/mol. The SMILES string of the molecule is [N-]=[N+]=NCCC(O)C(O)c1cc(O)cc(Cl)c1. The smallest absolute Gasteiger partial charge is 0.117 e. The van der Waals surface area contributed by atoms with Crippen LogP contribution in [-0.4, -0.2) is 28.0 Å². The Labute approximate surface area is 103 Å². The monoisotopic (exact) mass is 257 g/mol. The maximum Gasteiger partial charge on any atom is 0.117 e. The molecular formula is C10H12ClN3O3. The van der Waals surface area contributed by atoms with Crippen LogP contribution in [0.15, 0.2) is 23.3 Å². The molecule has 0 aliphatic heterocycles. The summed E-state index contributed by atoms with van der Waals surface area (Å²) in [6.07, 6.45) is -2.15. The predicted molar refractivity (Wildman–Crippen MR) is 62.7 cm³/mol. The second kappa shape index (κ2) is 6.32. The number of hydrogen-bond acceptors (Lipinski definition) is 4. The Morgan fingerprint density at radius 3 is 2.65 bits per heavy atom. The second-order valence-corrected chi connectivity index (χ2v) is 3.93. The molecule has 7 heteroatoms.